The van der Waals surface area contributed by atoms with Gasteiger partial charge < -0.3 is 5.32 Å². The first kappa shape index (κ1) is 13.5. The first-order valence-corrected chi connectivity index (χ1v) is 5.95. The molecule has 1 N–H and O–H groups in total. The molecular formula is C12H25NO. The van der Waals surface area contributed by atoms with E-state index in [-0.39, 0.29) is 11.8 Å². The lowest BCUT2D eigenvalue weighted by Crippen LogP contribution is -2.36. The van der Waals surface area contributed by atoms with Crippen LogP contribution in [0.25, 0.3) is 0 Å². The van der Waals surface area contributed by atoms with Crippen molar-refractivity contribution in [2.24, 2.45) is 5.92 Å². The van der Waals surface area contributed by atoms with Crippen molar-refractivity contribution < 1.29 is 4.79 Å². The van der Waals surface area contributed by atoms with E-state index in [1.54, 1.807) is 0 Å². The summed E-state index contributed by atoms with van der Waals surface area (Å²) in [5.74, 6) is 0.472. The highest BCUT2D eigenvalue weighted by Crippen LogP contribution is 2.12. The number of hydrogen-bond acceptors (Lipinski definition) is 1. The Hall–Kier alpha value is -0.530. The molecule has 14 heavy (non-hydrogen) atoms. The molecule has 0 saturated carbocycles. The minimum atomic E-state index is 0.226. The van der Waals surface area contributed by atoms with Gasteiger partial charge in [0.15, 0.2) is 0 Å². The van der Waals surface area contributed by atoms with E-state index in [1.807, 2.05) is 0 Å². The van der Waals surface area contributed by atoms with Gasteiger partial charge >= 0.3 is 0 Å². The third kappa shape index (κ3) is 5.25. The molecule has 0 fully saturated rings. The monoisotopic (exact) mass is 199 g/mol. The molecule has 0 radical (unpaired) electrons. The van der Waals surface area contributed by atoms with Crippen LogP contribution in [0.3, 0.4) is 0 Å². The number of carbonyl (C=O) groups is 1. The van der Waals surface area contributed by atoms with Crippen LogP contribution in [0.15, 0.2) is 0 Å². The van der Waals surface area contributed by atoms with Crippen molar-refractivity contribution in [3.63, 3.8) is 0 Å². The van der Waals surface area contributed by atoms with Gasteiger partial charge in [0.25, 0.3) is 0 Å². The zero-order valence-electron chi connectivity index (χ0n) is 10.1. The fourth-order valence-electron chi connectivity index (χ4n) is 1.43. The van der Waals surface area contributed by atoms with Gasteiger partial charge in [0.2, 0.25) is 5.91 Å². The summed E-state index contributed by atoms with van der Waals surface area (Å²) in [6.07, 6.45) is 5.34. The highest BCUT2D eigenvalue weighted by Gasteiger charge is 2.16. The number of carbonyl (C=O) groups excluding carboxylic acids is 1. The van der Waals surface area contributed by atoms with E-state index in [2.05, 4.69) is 33.0 Å². The van der Waals surface area contributed by atoms with Gasteiger partial charge in [0, 0.05) is 12.0 Å². The molecule has 0 spiro atoms. The molecule has 0 aliphatic carbocycles. The summed E-state index contributed by atoms with van der Waals surface area (Å²) < 4.78 is 0. The smallest absolute Gasteiger partial charge is 0.223 e. The van der Waals surface area contributed by atoms with Gasteiger partial charge in [-0.1, -0.05) is 33.6 Å². The maximum atomic E-state index is 11.7. The number of rotatable bonds is 7. The van der Waals surface area contributed by atoms with Gasteiger partial charge in [0.1, 0.15) is 0 Å². The van der Waals surface area contributed by atoms with Crippen LogP contribution in [0.1, 0.15) is 59.8 Å². The Morgan fingerprint density at radius 1 is 1.21 bits per heavy atom. The molecule has 84 valence electrons. The lowest BCUT2D eigenvalue weighted by Gasteiger charge is -2.17. The van der Waals surface area contributed by atoms with Crippen LogP contribution >= 0.6 is 0 Å². The summed E-state index contributed by atoms with van der Waals surface area (Å²) in [7, 11) is 0. The maximum Gasteiger partial charge on any atom is 0.223 e. The van der Waals surface area contributed by atoms with Gasteiger partial charge in [-0.25, -0.2) is 0 Å². The molecule has 0 aliphatic heterocycles. The molecule has 0 bridgehead atoms. The summed E-state index contributed by atoms with van der Waals surface area (Å²) in [6, 6.07) is 0.318. The number of unbranched alkanes of at least 4 members (excludes halogenated alkanes) is 1. The average Bonchev–Trinajstić information content (AvgIpc) is 2.18. The van der Waals surface area contributed by atoms with E-state index in [4.69, 9.17) is 0 Å². The first-order chi connectivity index (χ1) is 6.65. The average molecular weight is 199 g/mol. The minimum Gasteiger partial charge on any atom is -0.353 e. The van der Waals surface area contributed by atoms with Crippen LogP contribution in [-0.4, -0.2) is 11.9 Å². The van der Waals surface area contributed by atoms with Crippen molar-refractivity contribution in [3.8, 4) is 0 Å². The van der Waals surface area contributed by atoms with E-state index in [0.717, 1.165) is 25.7 Å². The highest BCUT2D eigenvalue weighted by atomic mass is 16.1. The molecule has 0 saturated heterocycles. The molecule has 0 aromatic heterocycles. The van der Waals surface area contributed by atoms with Crippen LogP contribution in [0.2, 0.25) is 0 Å². The van der Waals surface area contributed by atoms with Crippen LogP contribution in [0.4, 0.5) is 0 Å². The largest absolute Gasteiger partial charge is 0.353 e. The normalized spacial score (nSPS) is 14.9. The third-order valence-corrected chi connectivity index (χ3v) is 2.77. The van der Waals surface area contributed by atoms with Crippen molar-refractivity contribution in [1.29, 1.82) is 0 Å². The Kier molecular flexibility index (Phi) is 7.54. The summed E-state index contributed by atoms with van der Waals surface area (Å²) in [6.45, 7) is 8.41. The van der Waals surface area contributed by atoms with Gasteiger partial charge in [-0.05, 0) is 26.2 Å². The second kappa shape index (κ2) is 7.84. The van der Waals surface area contributed by atoms with E-state index in [0.29, 0.717) is 6.04 Å². The summed E-state index contributed by atoms with van der Waals surface area (Å²) in [5.41, 5.74) is 0. The molecule has 1 amide bonds. The fraction of sp³-hybridized carbons (Fsp3) is 0.917. The SMILES string of the molecule is CCCCC(CC)C(=O)NC(C)CC. The lowest BCUT2D eigenvalue weighted by atomic mass is 9.98. The van der Waals surface area contributed by atoms with Gasteiger partial charge in [-0.2, -0.15) is 0 Å². The van der Waals surface area contributed by atoms with Crippen molar-refractivity contribution in [2.45, 2.75) is 65.8 Å². The van der Waals surface area contributed by atoms with E-state index in [9.17, 15) is 4.79 Å². The van der Waals surface area contributed by atoms with Crippen molar-refractivity contribution >= 4 is 5.91 Å². The standard InChI is InChI=1S/C12H25NO/c1-5-8-9-11(7-3)12(14)13-10(4)6-2/h10-11H,5-9H2,1-4H3,(H,13,14). The van der Waals surface area contributed by atoms with Crippen molar-refractivity contribution in [3.05, 3.63) is 0 Å². The topological polar surface area (TPSA) is 29.1 Å². The number of hydrogen-bond donors (Lipinski definition) is 1. The highest BCUT2D eigenvalue weighted by molar-refractivity contribution is 5.78. The molecule has 0 aliphatic rings. The molecule has 2 heteroatoms. The van der Waals surface area contributed by atoms with Crippen molar-refractivity contribution in [1.82, 2.24) is 5.32 Å². The zero-order chi connectivity index (χ0) is 11.0. The van der Waals surface area contributed by atoms with Crippen molar-refractivity contribution in [2.75, 3.05) is 0 Å². The van der Waals surface area contributed by atoms with Crippen LogP contribution < -0.4 is 5.32 Å². The Morgan fingerprint density at radius 2 is 1.86 bits per heavy atom. The number of amides is 1. The molecule has 0 aromatic rings. The third-order valence-electron chi connectivity index (χ3n) is 2.77. The molecule has 2 atom stereocenters. The Bertz CT molecular complexity index is 156. The fourth-order valence-corrected chi connectivity index (χ4v) is 1.43. The molecule has 2 unspecified atom stereocenters. The van der Waals surface area contributed by atoms with E-state index < -0.39 is 0 Å². The second-order valence-electron chi connectivity index (χ2n) is 4.07. The summed E-state index contributed by atoms with van der Waals surface area (Å²) in [5, 5.41) is 3.05. The molecule has 0 rings (SSSR count). The Balaban J connectivity index is 3.90. The van der Waals surface area contributed by atoms with Crippen LogP contribution in [-0.2, 0) is 4.79 Å². The Labute approximate surface area is 88.5 Å². The van der Waals surface area contributed by atoms with Crippen LogP contribution in [0, 0.1) is 5.92 Å². The predicted octanol–water partition coefficient (Wildman–Crippen LogP) is 3.12. The molecule has 2 nitrogen and oxygen atoms in total. The van der Waals surface area contributed by atoms with Gasteiger partial charge in [-0.3, -0.25) is 4.79 Å². The molecule has 0 heterocycles. The first-order valence-electron chi connectivity index (χ1n) is 5.95. The predicted molar refractivity (Wildman–Crippen MR) is 61.2 cm³/mol. The number of nitrogens with one attached hydrogen (secondary N) is 1. The van der Waals surface area contributed by atoms with E-state index in [1.165, 1.54) is 6.42 Å². The van der Waals surface area contributed by atoms with Gasteiger partial charge in [-0.15, -0.1) is 0 Å². The minimum absolute atomic E-state index is 0.226. The Morgan fingerprint density at radius 3 is 2.29 bits per heavy atom. The van der Waals surface area contributed by atoms with E-state index >= 15 is 0 Å². The molecular weight excluding hydrogens is 174 g/mol. The quantitative estimate of drug-likeness (QED) is 0.670. The lowest BCUT2D eigenvalue weighted by molar-refractivity contribution is -0.126. The zero-order valence-corrected chi connectivity index (χ0v) is 10.1. The summed E-state index contributed by atoms with van der Waals surface area (Å²) >= 11 is 0. The second-order valence-corrected chi connectivity index (χ2v) is 4.07. The maximum absolute atomic E-state index is 11.7. The van der Waals surface area contributed by atoms with Crippen LogP contribution in [0.5, 0.6) is 0 Å². The molecule has 0 aromatic carbocycles. The van der Waals surface area contributed by atoms with Gasteiger partial charge in [0.05, 0.1) is 0 Å². The summed E-state index contributed by atoms with van der Waals surface area (Å²) in [4.78, 5) is 11.7.